The highest BCUT2D eigenvalue weighted by molar-refractivity contribution is 9.10. The third kappa shape index (κ3) is 2.74. The number of imidazole rings is 1. The van der Waals surface area contributed by atoms with Crippen LogP contribution in [0.4, 0.5) is 0 Å². The molecule has 2 aromatic heterocycles. The van der Waals surface area contributed by atoms with E-state index in [2.05, 4.69) is 33.5 Å². The lowest BCUT2D eigenvalue weighted by Crippen LogP contribution is -2.10. The molecular weight excluding hydrogens is 352 g/mol. The highest BCUT2D eigenvalue weighted by Crippen LogP contribution is 2.29. The van der Waals surface area contributed by atoms with E-state index < -0.39 is 0 Å². The second kappa shape index (κ2) is 5.85. The summed E-state index contributed by atoms with van der Waals surface area (Å²) in [7, 11) is 0. The predicted molar refractivity (Wildman–Crippen MR) is 89.1 cm³/mol. The molecule has 110 valence electrons. The van der Waals surface area contributed by atoms with Gasteiger partial charge in [0.15, 0.2) is 0 Å². The smallest absolute Gasteiger partial charge is 0.126 e. The number of hydrogen-bond donors (Lipinski definition) is 0. The third-order valence-corrected chi connectivity index (χ3v) is 4.29. The van der Waals surface area contributed by atoms with Crippen molar-refractivity contribution in [3.05, 3.63) is 52.1 Å². The molecule has 0 aliphatic rings. The lowest BCUT2D eigenvalue weighted by atomic mass is 10.2. The number of halogens is 2. The molecule has 0 amide bonds. The summed E-state index contributed by atoms with van der Waals surface area (Å²) in [5.74, 6) is 3.39. The molecule has 1 aromatic carbocycles. The largest absolute Gasteiger partial charge is 0.464 e. The van der Waals surface area contributed by atoms with Crippen LogP contribution in [0, 0.1) is 6.92 Å². The van der Waals surface area contributed by atoms with Gasteiger partial charge in [0.1, 0.15) is 17.3 Å². The van der Waals surface area contributed by atoms with Crippen LogP contribution in [0.3, 0.4) is 0 Å². The fourth-order valence-corrected chi connectivity index (χ4v) is 3.13. The van der Waals surface area contributed by atoms with E-state index in [1.165, 1.54) is 0 Å². The zero-order valence-corrected chi connectivity index (χ0v) is 14.3. The summed E-state index contributed by atoms with van der Waals surface area (Å²) in [5.41, 5.74) is 2.07. The molecule has 1 atom stereocenters. The molecule has 0 saturated carbocycles. The Bertz CT molecular complexity index is 778. The molecule has 0 N–H and O–H groups in total. The van der Waals surface area contributed by atoms with Crippen LogP contribution in [0.25, 0.3) is 11.0 Å². The van der Waals surface area contributed by atoms with Crippen molar-refractivity contribution in [1.82, 2.24) is 9.55 Å². The molecule has 21 heavy (non-hydrogen) atoms. The van der Waals surface area contributed by atoms with Gasteiger partial charge in [-0.25, -0.2) is 4.98 Å². The van der Waals surface area contributed by atoms with Crippen molar-refractivity contribution < 1.29 is 4.42 Å². The van der Waals surface area contributed by atoms with Crippen molar-refractivity contribution in [1.29, 1.82) is 0 Å². The number of aromatic nitrogens is 2. The van der Waals surface area contributed by atoms with Crippen LogP contribution in [0.1, 0.15) is 30.3 Å². The minimum absolute atomic E-state index is 0.0798. The SMILES string of the molecule is Cc1ccc(C(C)n2c(CCCl)nc3ccc(Br)cc32)o1. The maximum atomic E-state index is 5.94. The molecule has 3 nitrogen and oxygen atoms in total. The Balaban J connectivity index is 2.18. The lowest BCUT2D eigenvalue weighted by Gasteiger charge is -2.15. The van der Waals surface area contributed by atoms with Crippen molar-refractivity contribution in [2.75, 3.05) is 5.88 Å². The zero-order chi connectivity index (χ0) is 15.0. The van der Waals surface area contributed by atoms with Gasteiger partial charge in [0.2, 0.25) is 0 Å². The van der Waals surface area contributed by atoms with E-state index in [0.29, 0.717) is 5.88 Å². The number of fused-ring (bicyclic) bond motifs is 1. The van der Waals surface area contributed by atoms with Crippen molar-refractivity contribution in [3.63, 3.8) is 0 Å². The summed E-state index contributed by atoms with van der Waals surface area (Å²) < 4.78 is 9.04. The van der Waals surface area contributed by atoms with Gasteiger partial charge < -0.3 is 8.98 Å². The molecule has 2 heterocycles. The number of hydrogen-bond acceptors (Lipinski definition) is 2. The fraction of sp³-hybridized carbons (Fsp3) is 0.312. The summed E-state index contributed by atoms with van der Waals surface area (Å²) in [4.78, 5) is 4.71. The van der Waals surface area contributed by atoms with Crippen LogP contribution >= 0.6 is 27.5 Å². The van der Waals surface area contributed by atoms with Gasteiger partial charge >= 0.3 is 0 Å². The Morgan fingerprint density at radius 3 is 2.81 bits per heavy atom. The highest BCUT2D eigenvalue weighted by atomic mass is 79.9. The van der Waals surface area contributed by atoms with Crippen LogP contribution in [0.2, 0.25) is 0 Å². The molecule has 0 radical (unpaired) electrons. The van der Waals surface area contributed by atoms with Crippen LogP contribution in [-0.4, -0.2) is 15.4 Å². The summed E-state index contributed by atoms with van der Waals surface area (Å²) in [5, 5.41) is 0. The van der Waals surface area contributed by atoms with Crippen LogP contribution in [0.15, 0.2) is 39.2 Å². The van der Waals surface area contributed by atoms with Crippen LogP contribution in [0.5, 0.6) is 0 Å². The number of furan rings is 1. The van der Waals surface area contributed by atoms with E-state index in [9.17, 15) is 0 Å². The van der Waals surface area contributed by atoms with Gasteiger partial charge in [0.05, 0.1) is 17.1 Å². The van der Waals surface area contributed by atoms with Gasteiger partial charge in [0.25, 0.3) is 0 Å². The third-order valence-electron chi connectivity index (χ3n) is 3.60. The van der Waals surface area contributed by atoms with Gasteiger partial charge in [-0.1, -0.05) is 15.9 Å². The average Bonchev–Trinajstić information content (AvgIpc) is 3.02. The number of rotatable bonds is 4. The maximum Gasteiger partial charge on any atom is 0.126 e. The first-order valence-corrected chi connectivity index (χ1v) is 8.21. The van der Waals surface area contributed by atoms with E-state index in [-0.39, 0.29) is 6.04 Å². The second-order valence-corrected chi connectivity index (χ2v) is 6.39. The molecular formula is C16H16BrClN2O. The predicted octanol–water partition coefficient (Wildman–Crippen LogP) is 5.09. The van der Waals surface area contributed by atoms with E-state index >= 15 is 0 Å². The van der Waals surface area contributed by atoms with Gasteiger partial charge in [-0.15, -0.1) is 11.6 Å². The first-order valence-electron chi connectivity index (χ1n) is 6.89. The highest BCUT2D eigenvalue weighted by Gasteiger charge is 2.19. The standard InChI is InChI=1S/C16H16BrClN2O/c1-10-3-6-15(21-10)11(2)20-14-9-12(17)4-5-13(14)19-16(20)7-8-18/h3-6,9,11H,7-8H2,1-2H3. The molecule has 0 aliphatic heterocycles. The lowest BCUT2D eigenvalue weighted by molar-refractivity contribution is 0.428. The fourth-order valence-electron chi connectivity index (χ4n) is 2.61. The molecule has 1 unspecified atom stereocenters. The number of benzene rings is 1. The Labute approximate surface area is 137 Å². The maximum absolute atomic E-state index is 5.94. The molecule has 5 heteroatoms. The molecule has 0 saturated heterocycles. The Kier molecular flexibility index (Phi) is 4.09. The minimum Gasteiger partial charge on any atom is -0.464 e. The van der Waals surface area contributed by atoms with Gasteiger partial charge in [-0.05, 0) is 44.2 Å². The molecule has 0 aliphatic carbocycles. The van der Waals surface area contributed by atoms with Crippen molar-refractivity contribution >= 4 is 38.6 Å². The van der Waals surface area contributed by atoms with Crippen molar-refractivity contribution in [2.45, 2.75) is 26.3 Å². The molecule has 0 bridgehead atoms. The quantitative estimate of drug-likeness (QED) is 0.601. The normalized spacial score (nSPS) is 13.0. The van der Waals surface area contributed by atoms with Crippen LogP contribution < -0.4 is 0 Å². The zero-order valence-electron chi connectivity index (χ0n) is 11.9. The summed E-state index contributed by atoms with van der Waals surface area (Å²) >= 11 is 9.47. The first-order chi connectivity index (χ1) is 10.1. The summed E-state index contributed by atoms with van der Waals surface area (Å²) in [6.45, 7) is 4.08. The van der Waals surface area contributed by atoms with E-state index in [4.69, 9.17) is 21.0 Å². The first kappa shape index (κ1) is 14.7. The molecule has 0 fully saturated rings. The van der Waals surface area contributed by atoms with E-state index in [0.717, 1.165) is 39.3 Å². The van der Waals surface area contributed by atoms with Crippen LogP contribution in [-0.2, 0) is 6.42 Å². The van der Waals surface area contributed by atoms with Gasteiger partial charge in [0, 0.05) is 16.8 Å². The van der Waals surface area contributed by atoms with Gasteiger partial charge in [-0.2, -0.15) is 0 Å². The summed E-state index contributed by atoms with van der Waals surface area (Å²) in [6.07, 6.45) is 0.734. The van der Waals surface area contributed by atoms with Crippen molar-refractivity contribution in [2.24, 2.45) is 0 Å². The molecule has 0 spiro atoms. The Hall–Kier alpha value is -1.26. The Morgan fingerprint density at radius 1 is 1.33 bits per heavy atom. The van der Waals surface area contributed by atoms with Crippen molar-refractivity contribution in [3.8, 4) is 0 Å². The monoisotopic (exact) mass is 366 g/mol. The summed E-state index contributed by atoms with van der Waals surface area (Å²) in [6, 6.07) is 10.2. The van der Waals surface area contributed by atoms with E-state index in [1.54, 1.807) is 0 Å². The number of aryl methyl sites for hydroxylation is 2. The number of nitrogens with zero attached hydrogens (tertiary/aromatic N) is 2. The molecule has 3 rings (SSSR count). The average molecular weight is 368 g/mol. The minimum atomic E-state index is 0.0798. The van der Waals surface area contributed by atoms with E-state index in [1.807, 2.05) is 31.2 Å². The van der Waals surface area contributed by atoms with Gasteiger partial charge in [-0.3, -0.25) is 0 Å². The number of alkyl halides is 1. The molecule has 3 aromatic rings. The Morgan fingerprint density at radius 2 is 2.14 bits per heavy atom. The second-order valence-electron chi connectivity index (χ2n) is 5.09. The topological polar surface area (TPSA) is 31.0 Å².